The molecule has 3 aromatic heterocycles. The molecule has 0 radical (unpaired) electrons. The first kappa shape index (κ1) is 24.2. The predicted octanol–water partition coefficient (Wildman–Crippen LogP) is 2.16. The second kappa shape index (κ2) is 10.6. The van der Waals surface area contributed by atoms with Crippen molar-refractivity contribution < 1.29 is 14.3 Å². The minimum atomic E-state index is -0.379. The number of aromatic nitrogens is 3. The number of carbonyl (C=O) groups is 2. The van der Waals surface area contributed by atoms with Gasteiger partial charge in [0.15, 0.2) is 0 Å². The Morgan fingerprint density at radius 3 is 2.83 bits per heavy atom. The summed E-state index contributed by atoms with van der Waals surface area (Å²) in [6.45, 7) is 1.17. The van der Waals surface area contributed by atoms with E-state index in [1.54, 1.807) is 15.6 Å². The number of allylic oxidation sites excluding steroid dienone is 1. The number of ether oxygens (including phenoxy) is 1. The smallest absolute Gasteiger partial charge is 0.269 e. The van der Waals surface area contributed by atoms with Crippen LogP contribution in [0.15, 0.2) is 54.5 Å². The molecule has 1 saturated heterocycles. The summed E-state index contributed by atoms with van der Waals surface area (Å²) in [4.78, 5) is 31.1. The normalized spacial score (nSPS) is 14.7. The summed E-state index contributed by atoms with van der Waals surface area (Å²) < 4.78 is 6.86. The van der Waals surface area contributed by atoms with Crippen molar-refractivity contribution in [2.45, 2.75) is 19.4 Å². The van der Waals surface area contributed by atoms with E-state index in [4.69, 9.17) is 27.5 Å². The molecule has 2 amide bonds. The summed E-state index contributed by atoms with van der Waals surface area (Å²) in [5.74, 6) is -0.319. The highest BCUT2D eigenvalue weighted by Crippen LogP contribution is 2.22. The predicted molar refractivity (Wildman–Crippen MR) is 131 cm³/mol. The van der Waals surface area contributed by atoms with E-state index in [0.717, 1.165) is 11.2 Å². The van der Waals surface area contributed by atoms with Gasteiger partial charge >= 0.3 is 0 Å². The molecule has 4 N–H and O–H groups in total. The van der Waals surface area contributed by atoms with E-state index < -0.39 is 0 Å². The summed E-state index contributed by atoms with van der Waals surface area (Å²) in [6, 6.07) is 9.22. The molecule has 1 fully saturated rings. The second-order valence-electron chi connectivity index (χ2n) is 8.19. The molecule has 4 rings (SSSR count). The van der Waals surface area contributed by atoms with Crippen molar-refractivity contribution in [2.75, 3.05) is 20.2 Å². The molecule has 35 heavy (non-hydrogen) atoms. The van der Waals surface area contributed by atoms with Crippen LogP contribution < -0.4 is 15.8 Å². The highest BCUT2D eigenvalue weighted by atomic mass is 35.5. The van der Waals surface area contributed by atoms with E-state index >= 15 is 0 Å². The number of piperidine rings is 1. The molecular formula is C24H26ClN7O3. The largest absolute Gasteiger partial charge is 0.481 e. The number of fused-ring (bicyclic) bond motifs is 1. The van der Waals surface area contributed by atoms with E-state index in [0.29, 0.717) is 43.9 Å². The number of halogens is 1. The third-order valence-electron chi connectivity index (χ3n) is 5.97. The number of hydrogen-bond acceptors (Lipinski definition) is 7. The SMILES string of the molecule is COc1cc(C(=N)C=C(N)C(=O)N2CCC(C(=O)NCc3cccc4ccnn34)CC2)c(Cl)cn1. The Labute approximate surface area is 207 Å². The minimum absolute atomic E-state index is 0.0250. The van der Waals surface area contributed by atoms with Gasteiger partial charge in [-0.15, -0.1) is 0 Å². The lowest BCUT2D eigenvalue weighted by atomic mass is 9.95. The van der Waals surface area contributed by atoms with Gasteiger partial charge in [-0.3, -0.25) is 9.59 Å². The number of methoxy groups -OCH3 is 1. The van der Waals surface area contributed by atoms with Crippen molar-refractivity contribution in [3.05, 3.63) is 70.8 Å². The third-order valence-corrected chi connectivity index (χ3v) is 6.27. The summed E-state index contributed by atoms with van der Waals surface area (Å²) in [6.07, 6.45) is 5.43. The molecule has 0 atom stereocenters. The lowest BCUT2D eigenvalue weighted by molar-refractivity contribution is -0.132. The van der Waals surface area contributed by atoms with Crippen LogP contribution in [-0.4, -0.2) is 57.2 Å². The molecule has 11 heteroatoms. The maximum Gasteiger partial charge on any atom is 0.269 e. The average Bonchev–Trinajstić information content (AvgIpc) is 3.36. The molecule has 0 spiro atoms. The first-order valence-electron chi connectivity index (χ1n) is 11.1. The second-order valence-corrected chi connectivity index (χ2v) is 8.60. The van der Waals surface area contributed by atoms with E-state index in [-0.39, 0.29) is 34.2 Å². The molecule has 0 aliphatic carbocycles. The van der Waals surface area contributed by atoms with Gasteiger partial charge in [0.2, 0.25) is 11.8 Å². The highest BCUT2D eigenvalue weighted by molar-refractivity contribution is 6.34. The molecular weight excluding hydrogens is 470 g/mol. The summed E-state index contributed by atoms with van der Waals surface area (Å²) in [5, 5.41) is 15.8. The van der Waals surface area contributed by atoms with Crippen LogP contribution in [-0.2, 0) is 16.1 Å². The van der Waals surface area contributed by atoms with Crippen molar-refractivity contribution in [1.82, 2.24) is 24.8 Å². The molecule has 10 nitrogen and oxygen atoms in total. The quantitative estimate of drug-likeness (QED) is 0.339. The van der Waals surface area contributed by atoms with Gasteiger partial charge in [-0.25, -0.2) is 9.50 Å². The zero-order valence-electron chi connectivity index (χ0n) is 19.2. The van der Waals surface area contributed by atoms with Crippen molar-refractivity contribution >= 4 is 34.6 Å². The fourth-order valence-electron chi connectivity index (χ4n) is 4.02. The topological polar surface area (TPSA) is 139 Å². The van der Waals surface area contributed by atoms with Gasteiger partial charge in [0.1, 0.15) is 0 Å². The average molecular weight is 496 g/mol. The van der Waals surface area contributed by atoms with E-state index in [1.807, 2.05) is 24.3 Å². The van der Waals surface area contributed by atoms with Gasteiger partial charge in [0, 0.05) is 36.8 Å². The zero-order valence-corrected chi connectivity index (χ0v) is 20.0. The van der Waals surface area contributed by atoms with Crippen molar-refractivity contribution in [3.63, 3.8) is 0 Å². The van der Waals surface area contributed by atoms with Gasteiger partial charge in [-0.05, 0) is 37.1 Å². The first-order chi connectivity index (χ1) is 16.9. The number of nitrogens with two attached hydrogens (primary N) is 1. The summed E-state index contributed by atoms with van der Waals surface area (Å²) in [7, 11) is 1.46. The molecule has 1 aliphatic rings. The molecule has 0 aromatic carbocycles. The molecule has 182 valence electrons. The van der Waals surface area contributed by atoms with Gasteiger partial charge in [0.25, 0.3) is 5.91 Å². The van der Waals surface area contributed by atoms with Crippen LogP contribution in [0.3, 0.4) is 0 Å². The number of likely N-dealkylation sites (tertiary alicyclic amines) is 1. The molecule has 1 aliphatic heterocycles. The van der Waals surface area contributed by atoms with Gasteiger partial charge in [0.05, 0.1) is 47.5 Å². The van der Waals surface area contributed by atoms with Crippen LogP contribution in [0, 0.1) is 11.3 Å². The number of hydrogen-bond donors (Lipinski definition) is 3. The van der Waals surface area contributed by atoms with E-state index in [2.05, 4.69) is 15.4 Å². The Kier molecular flexibility index (Phi) is 7.31. The van der Waals surface area contributed by atoms with Crippen molar-refractivity contribution in [3.8, 4) is 5.88 Å². The highest BCUT2D eigenvalue weighted by Gasteiger charge is 2.28. The maximum absolute atomic E-state index is 12.8. The van der Waals surface area contributed by atoms with Crippen molar-refractivity contribution in [2.24, 2.45) is 11.7 Å². The lowest BCUT2D eigenvalue weighted by Crippen LogP contribution is -2.44. The minimum Gasteiger partial charge on any atom is -0.481 e. The Bertz CT molecular complexity index is 1300. The number of nitrogens with zero attached hydrogens (tertiary/aromatic N) is 4. The van der Waals surface area contributed by atoms with Gasteiger partial charge in [-0.1, -0.05) is 17.7 Å². The van der Waals surface area contributed by atoms with Gasteiger partial charge < -0.3 is 26.1 Å². The monoisotopic (exact) mass is 495 g/mol. The Balaban J connectivity index is 1.31. The van der Waals surface area contributed by atoms with E-state index in [1.165, 1.54) is 25.4 Å². The first-order valence-corrected chi connectivity index (χ1v) is 11.5. The van der Waals surface area contributed by atoms with Crippen LogP contribution in [0.25, 0.3) is 5.52 Å². The summed E-state index contributed by atoms with van der Waals surface area (Å²) >= 11 is 6.13. The Morgan fingerprint density at radius 1 is 1.31 bits per heavy atom. The molecule has 0 unspecified atom stereocenters. The molecule has 4 heterocycles. The molecule has 0 bridgehead atoms. The fraction of sp³-hybridized carbons (Fsp3) is 0.292. The standard InChI is InChI=1S/C24H26ClN7O3/c1-35-22-11-18(19(25)14-28-22)20(26)12-21(27)24(34)31-9-6-15(7-10-31)23(33)29-13-17-4-2-3-16-5-8-30-32(16)17/h2-5,8,11-12,14-15,26H,6-7,9-10,13,27H2,1H3,(H,29,33). The van der Waals surface area contributed by atoms with Crippen LogP contribution in [0.4, 0.5) is 0 Å². The third kappa shape index (κ3) is 5.43. The molecule has 3 aromatic rings. The van der Waals surface area contributed by atoms with Crippen LogP contribution in [0.1, 0.15) is 24.1 Å². The maximum atomic E-state index is 12.8. The summed E-state index contributed by atoms with van der Waals surface area (Å²) in [5.41, 5.74) is 8.12. The van der Waals surface area contributed by atoms with Crippen LogP contribution in [0.5, 0.6) is 5.88 Å². The number of nitrogens with one attached hydrogen (secondary N) is 2. The lowest BCUT2D eigenvalue weighted by Gasteiger charge is -2.31. The Hall–Kier alpha value is -3.92. The zero-order chi connectivity index (χ0) is 24.9. The van der Waals surface area contributed by atoms with Gasteiger partial charge in [-0.2, -0.15) is 5.10 Å². The van der Waals surface area contributed by atoms with E-state index in [9.17, 15) is 9.59 Å². The van der Waals surface area contributed by atoms with Crippen LogP contribution >= 0.6 is 11.6 Å². The number of pyridine rings is 2. The van der Waals surface area contributed by atoms with Crippen LogP contribution in [0.2, 0.25) is 5.02 Å². The number of rotatable bonds is 7. The van der Waals surface area contributed by atoms with Crippen molar-refractivity contribution in [1.29, 1.82) is 5.41 Å². The Morgan fingerprint density at radius 2 is 2.09 bits per heavy atom. The number of carbonyl (C=O) groups excluding carboxylic acids is 2. The molecule has 0 saturated carbocycles. The fourth-order valence-corrected chi connectivity index (χ4v) is 4.23. The number of amides is 2.